The van der Waals surface area contributed by atoms with Crippen LogP contribution in [0.5, 0.6) is 28.7 Å². The first-order valence-electron chi connectivity index (χ1n) is 9.83. The molecule has 3 rings (SSSR count). The Hall–Kier alpha value is -3.25. The molecule has 35 heavy (non-hydrogen) atoms. The van der Waals surface area contributed by atoms with Crippen molar-refractivity contribution in [3.05, 3.63) is 47.8 Å². The van der Waals surface area contributed by atoms with Crippen LogP contribution in [0, 0.1) is 0 Å². The highest BCUT2D eigenvalue weighted by molar-refractivity contribution is 7.39. The molecule has 0 atom stereocenters. The van der Waals surface area contributed by atoms with Gasteiger partial charge in [-0.15, -0.1) is 0 Å². The number of ether oxygens (including phenoxy) is 4. The number of aliphatic hydroxyl groups is 1. The number of aliphatic hydroxyl groups excluding tert-OH is 1. The SMILES string of the molecule is CCOc1ccc2c(C(=O)c3cc(OC)c(OC)c(OC)c3)cncc2c1OP(O)O.CO.OO. The van der Waals surface area contributed by atoms with Gasteiger partial charge in [-0.2, -0.15) is 0 Å². The number of pyridine rings is 1. The van der Waals surface area contributed by atoms with E-state index in [0.717, 1.165) is 7.11 Å². The number of nitrogens with zero attached hydrogens (tertiary/aromatic N) is 1. The van der Waals surface area contributed by atoms with Crippen molar-refractivity contribution in [3.63, 3.8) is 0 Å². The predicted octanol–water partition coefficient (Wildman–Crippen LogP) is 3.11. The highest BCUT2D eigenvalue weighted by Crippen LogP contribution is 2.43. The molecule has 5 N–H and O–H groups in total. The number of carbonyl (C=O) groups is 1. The van der Waals surface area contributed by atoms with Gasteiger partial charge in [-0.05, 0) is 36.6 Å². The van der Waals surface area contributed by atoms with Crippen molar-refractivity contribution < 1.29 is 53.7 Å². The molecule has 2 aromatic carbocycles. The van der Waals surface area contributed by atoms with Crippen molar-refractivity contribution in [3.8, 4) is 28.7 Å². The first kappa shape index (κ1) is 29.8. The summed E-state index contributed by atoms with van der Waals surface area (Å²) in [5, 5.41) is 19.9. The molecule has 0 fully saturated rings. The molecule has 0 aliphatic carbocycles. The van der Waals surface area contributed by atoms with E-state index >= 15 is 0 Å². The molecule has 0 radical (unpaired) electrons. The summed E-state index contributed by atoms with van der Waals surface area (Å²) in [6.45, 7) is 2.13. The fourth-order valence-electron chi connectivity index (χ4n) is 3.19. The van der Waals surface area contributed by atoms with Crippen LogP contribution < -0.4 is 23.5 Å². The summed E-state index contributed by atoms with van der Waals surface area (Å²) in [5.74, 6) is 1.11. The molecular weight excluding hydrogens is 485 g/mol. The minimum absolute atomic E-state index is 0.0995. The van der Waals surface area contributed by atoms with Gasteiger partial charge < -0.3 is 38.4 Å². The third kappa shape index (κ3) is 6.89. The number of ketones is 1. The molecule has 0 unspecified atom stereocenters. The summed E-state index contributed by atoms with van der Waals surface area (Å²) >= 11 is 0. The van der Waals surface area contributed by atoms with E-state index in [9.17, 15) is 14.6 Å². The fraction of sp³-hybridized carbons (Fsp3) is 0.273. The molecule has 12 nitrogen and oxygen atoms in total. The lowest BCUT2D eigenvalue weighted by Gasteiger charge is -2.16. The van der Waals surface area contributed by atoms with Crippen molar-refractivity contribution in [1.29, 1.82) is 0 Å². The summed E-state index contributed by atoms with van der Waals surface area (Å²) in [6.07, 6.45) is 2.90. The molecule has 1 heterocycles. The Balaban J connectivity index is 0.00000145. The standard InChI is InChI=1S/C21H22NO8P.CH4O.H2O2/c1-5-29-16-7-6-13-14(10-22-11-15(13)20(16)30-31(24)25)19(23)12-8-17(26-2)21(28-4)18(9-12)27-3;2*1-2/h6-11,24-25H,5H2,1-4H3;2H,1H3;1-2H. The number of aromatic nitrogens is 1. The zero-order valence-corrected chi connectivity index (χ0v) is 20.6. The van der Waals surface area contributed by atoms with Gasteiger partial charge in [-0.1, -0.05) is 0 Å². The maximum absolute atomic E-state index is 13.4. The molecule has 0 aliphatic heterocycles. The minimum atomic E-state index is -2.70. The maximum atomic E-state index is 13.4. The Kier molecular flexibility index (Phi) is 12.7. The lowest BCUT2D eigenvalue weighted by molar-refractivity contribution is -0.176. The predicted molar refractivity (Wildman–Crippen MR) is 128 cm³/mol. The Bertz CT molecular complexity index is 1080. The third-order valence-electron chi connectivity index (χ3n) is 4.50. The van der Waals surface area contributed by atoms with Crippen LogP contribution in [-0.4, -0.2) is 71.2 Å². The number of fused-ring (bicyclic) bond motifs is 1. The van der Waals surface area contributed by atoms with Crippen LogP contribution in [0.4, 0.5) is 0 Å². The number of benzene rings is 2. The van der Waals surface area contributed by atoms with Gasteiger partial charge >= 0.3 is 8.60 Å². The van der Waals surface area contributed by atoms with E-state index < -0.39 is 8.60 Å². The average molecular weight is 513 g/mol. The molecule has 192 valence electrons. The average Bonchev–Trinajstić information content (AvgIpc) is 2.90. The van der Waals surface area contributed by atoms with Gasteiger partial charge in [-0.3, -0.25) is 20.3 Å². The monoisotopic (exact) mass is 513 g/mol. The van der Waals surface area contributed by atoms with Gasteiger partial charge in [0.1, 0.15) is 0 Å². The van der Waals surface area contributed by atoms with Gasteiger partial charge in [0.25, 0.3) is 0 Å². The highest BCUT2D eigenvalue weighted by atomic mass is 31.2. The van der Waals surface area contributed by atoms with Crippen molar-refractivity contribution in [2.45, 2.75) is 6.92 Å². The molecule has 13 heteroatoms. The van der Waals surface area contributed by atoms with E-state index in [1.807, 2.05) is 0 Å². The van der Waals surface area contributed by atoms with Crippen molar-refractivity contribution in [1.82, 2.24) is 4.98 Å². The zero-order chi connectivity index (χ0) is 26.5. The summed E-state index contributed by atoms with van der Waals surface area (Å²) in [4.78, 5) is 36.3. The molecule has 0 amide bonds. The third-order valence-corrected chi connectivity index (χ3v) is 4.85. The van der Waals surface area contributed by atoms with Crippen LogP contribution >= 0.6 is 8.60 Å². The topological polar surface area (TPSA) is 177 Å². The summed E-state index contributed by atoms with van der Waals surface area (Å²) in [6, 6.07) is 6.40. The van der Waals surface area contributed by atoms with Gasteiger partial charge in [0.2, 0.25) is 5.75 Å². The van der Waals surface area contributed by atoms with Crippen LogP contribution in [0.15, 0.2) is 36.7 Å². The quantitative estimate of drug-likeness (QED) is 0.122. The number of carbonyl (C=O) groups excluding carboxylic acids is 1. The van der Waals surface area contributed by atoms with Crippen molar-refractivity contribution in [2.75, 3.05) is 35.0 Å². The molecule has 0 saturated carbocycles. The molecule has 0 aliphatic rings. The van der Waals surface area contributed by atoms with E-state index in [-0.39, 0.29) is 17.1 Å². The van der Waals surface area contributed by atoms with Crippen LogP contribution in [0.1, 0.15) is 22.8 Å². The Morgan fingerprint density at radius 2 is 1.49 bits per heavy atom. The second-order valence-electron chi connectivity index (χ2n) is 6.20. The molecule has 0 saturated heterocycles. The van der Waals surface area contributed by atoms with Crippen LogP contribution in [0.2, 0.25) is 0 Å². The van der Waals surface area contributed by atoms with Gasteiger partial charge in [-0.25, -0.2) is 0 Å². The molecule has 0 bridgehead atoms. The minimum Gasteiger partial charge on any atom is -0.493 e. The first-order chi connectivity index (χ1) is 16.9. The summed E-state index contributed by atoms with van der Waals surface area (Å²) < 4.78 is 26.7. The normalized spacial score (nSPS) is 9.91. The second kappa shape index (κ2) is 14.9. The number of hydrogen-bond acceptors (Lipinski definition) is 12. The van der Waals surface area contributed by atoms with E-state index in [0.29, 0.717) is 45.9 Å². The maximum Gasteiger partial charge on any atom is 0.391 e. The Morgan fingerprint density at radius 3 is 1.97 bits per heavy atom. The lowest BCUT2D eigenvalue weighted by Crippen LogP contribution is -2.06. The molecule has 1 aromatic heterocycles. The largest absolute Gasteiger partial charge is 0.493 e. The molecule has 0 spiro atoms. The van der Waals surface area contributed by atoms with Gasteiger partial charge in [0.15, 0.2) is 28.8 Å². The Morgan fingerprint density at radius 1 is 0.886 bits per heavy atom. The smallest absolute Gasteiger partial charge is 0.391 e. The summed E-state index contributed by atoms with van der Waals surface area (Å²) in [5.41, 5.74) is 0.576. The number of methoxy groups -OCH3 is 3. The highest BCUT2D eigenvalue weighted by Gasteiger charge is 2.22. The van der Waals surface area contributed by atoms with E-state index in [4.69, 9.17) is 39.1 Å². The zero-order valence-electron chi connectivity index (χ0n) is 19.8. The lowest BCUT2D eigenvalue weighted by atomic mass is 9.98. The van der Waals surface area contributed by atoms with Crippen LogP contribution in [0.25, 0.3) is 10.8 Å². The first-order valence-corrected chi connectivity index (χ1v) is 11.0. The van der Waals surface area contributed by atoms with Gasteiger partial charge in [0.05, 0.1) is 27.9 Å². The van der Waals surface area contributed by atoms with E-state index in [1.165, 1.54) is 33.7 Å². The molecular formula is C22H28NO11P. The van der Waals surface area contributed by atoms with Crippen LogP contribution in [0.3, 0.4) is 0 Å². The fourth-order valence-corrected chi connectivity index (χ4v) is 3.54. The Labute approximate surface area is 202 Å². The second-order valence-corrected chi connectivity index (χ2v) is 6.88. The summed E-state index contributed by atoms with van der Waals surface area (Å²) in [7, 11) is 2.70. The van der Waals surface area contributed by atoms with Gasteiger partial charge in [0, 0.05) is 36.0 Å². The van der Waals surface area contributed by atoms with Crippen LogP contribution in [-0.2, 0) is 0 Å². The molecule has 3 aromatic rings. The van der Waals surface area contributed by atoms with E-state index in [1.54, 1.807) is 31.2 Å². The number of rotatable bonds is 9. The van der Waals surface area contributed by atoms with Crippen molar-refractivity contribution >= 4 is 25.2 Å². The number of hydrogen-bond donors (Lipinski definition) is 5. The van der Waals surface area contributed by atoms with Crippen molar-refractivity contribution in [2.24, 2.45) is 0 Å². The van der Waals surface area contributed by atoms with E-state index in [2.05, 4.69) is 4.98 Å².